The van der Waals surface area contributed by atoms with E-state index < -0.39 is 0 Å². The number of hydrogen-bond acceptors (Lipinski definition) is 1. The first-order valence-electron chi connectivity index (χ1n) is 7.46. The van der Waals surface area contributed by atoms with Crippen LogP contribution < -0.4 is 0 Å². The molecule has 0 saturated heterocycles. The fourth-order valence-electron chi connectivity index (χ4n) is 2.94. The van der Waals surface area contributed by atoms with Crippen LogP contribution in [0.4, 0.5) is 0 Å². The summed E-state index contributed by atoms with van der Waals surface area (Å²) in [5.41, 5.74) is 1.50. The van der Waals surface area contributed by atoms with Gasteiger partial charge in [-0.2, -0.15) is 0 Å². The van der Waals surface area contributed by atoms with E-state index in [1.165, 1.54) is 76.1 Å². The van der Waals surface area contributed by atoms with Gasteiger partial charge >= 0.3 is 0 Å². The minimum Gasteiger partial charge on any atom is -0.257 e. The Balaban J connectivity index is 1.84. The largest absolute Gasteiger partial charge is 0.257 e. The van der Waals surface area contributed by atoms with Crippen molar-refractivity contribution in [3.05, 3.63) is 17.4 Å². The fraction of sp³-hybridized carbons (Fsp3) is 0.800. The fourth-order valence-corrected chi connectivity index (χ4v) is 3.93. The van der Waals surface area contributed by atoms with Gasteiger partial charge in [0.25, 0.3) is 0 Å². The summed E-state index contributed by atoms with van der Waals surface area (Å²) in [4.78, 5) is 4.58. The van der Waals surface area contributed by atoms with Crippen molar-refractivity contribution in [3.8, 4) is 0 Å². The van der Waals surface area contributed by atoms with Crippen molar-refractivity contribution in [3.63, 3.8) is 0 Å². The average Bonchev–Trinajstić information content (AvgIpc) is 2.83. The lowest BCUT2D eigenvalue weighted by Crippen LogP contribution is -1.99. The van der Waals surface area contributed by atoms with Crippen LogP contribution in [0.15, 0.2) is 12.0 Å². The maximum atomic E-state index is 4.58. The quantitative estimate of drug-likeness (QED) is 0.642. The highest BCUT2D eigenvalue weighted by Gasteiger charge is 2.13. The molecule has 96 valence electrons. The van der Waals surface area contributed by atoms with Crippen molar-refractivity contribution >= 4 is 8.19 Å². The van der Waals surface area contributed by atoms with E-state index in [2.05, 4.69) is 10.8 Å². The van der Waals surface area contributed by atoms with Crippen LogP contribution in [0.3, 0.4) is 0 Å². The lowest BCUT2D eigenvalue weighted by atomic mass is 9.93. The van der Waals surface area contributed by atoms with Crippen LogP contribution in [-0.2, 0) is 0 Å². The summed E-state index contributed by atoms with van der Waals surface area (Å²) in [6.45, 7) is 0. The molecule has 1 aliphatic carbocycles. The Hall–Kier alpha value is -0.290. The van der Waals surface area contributed by atoms with E-state index in [0.29, 0.717) is 0 Å². The van der Waals surface area contributed by atoms with Gasteiger partial charge < -0.3 is 0 Å². The molecular weight excluding hydrogens is 225 g/mol. The summed E-state index contributed by atoms with van der Waals surface area (Å²) < 4.78 is 0. The predicted octanol–water partition coefficient (Wildman–Crippen LogP) is 5.50. The smallest absolute Gasteiger partial charge is 0.0592 e. The van der Waals surface area contributed by atoms with Gasteiger partial charge in [-0.3, -0.25) is 4.98 Å². The molecule has 1 aromatic heterocycles. The molecule has 1 atom stereocenters. The topological polar surface area (TPSA) is 12.9 Å². The zero-order valence-corrected chi connectivity index (χ0v) is 12.0. The summed E-state index contributed by atoms with van der Waals surface area (Å²) >= 11 is 0. The van der Waals surface area contributed by atoms with Crippen LogP contribution >= 0.6 is 8.19 Å². The number of hydrogen-bond donors (Lipinski definition) is 0. The molecule has 1 saturated carbocycles. The Kier molecular flexibility index (Phi) is 6.13. The Labute approximate surface area is 108 Å². The van der Waals surface area contributed by atoms with E-state index in [-0.39, 0.29) is 0 Å². The van der Waals surface area contributed by atoms with Crippen LogP contribution in [-0.4, -0.2) is 4.98 Å². The predicted molar refractivity (Wildman–Crippen MR) is 77.3 cm³/mol. The number of nitrogens with zero attached hydrogens (tertiary/aromatic N) is 1. The molecule has 1 nitrogen and oxygen atoms in total. The van der Waals surface area contributed by atoms with Crippen LogP contribution in [0.5, 0.6) is 0 Å². The van der Waals surface area contributed by atoms with Crippen molar-refractivity contribution in [1.29, 1.82) is 0 Å². The number of rotatable bonds is 1. The molecule has 0 bridgehead atoms. The minimum atomic E-state index is 0.808. The molecule has 1 heterocycles. The van der Waals surface area contributed by atoms with Gasteiger partial charge in [-0.1, -0.05) is 57.8 Å². The molecule has 2 rings (SSSR count). The van der Waals surface area contributed by atoms with Crippen molar-refractivity contribution in [2.24, 2.45) is 0 Å². The number of aromatic nitrogens is 1. The van der Waals surface area contributed by atoms with Gasteiger partial charge in [0.15, 0.2) is 0 Å². The van der Waals surface area contributed by atoms with Crippen molar-refractivity contribution in [2.45, 2.75) is 76.5 Å². The first-order chi connectivity index (χ1) is 8.47. The van der Waals surface area contributed by atoms with Gasteiger partial charge in [-0.25, -0.2) is 0 Å². The monoisotopic (exact) mass is 251 g/mol. The van der Waals surface area contributed by atoms with Gasteiger partial charge in [0.2, 0.25) is 0 Å². The van der Waals surface area contributed by atoms with Gasteiger partial charge in [-0.15, -0.1) is 8.19 Å². The Morgan fingerprint density at radius 3 is 1.82 bits per heavy atom. The highest BCUT2D eigenvalue weighted by Crippen LogP contribution is 2.32. The van der Waals surface area contributed by atoms with Crippen LogP contribution in [0.25, 0.3) is 0 Å². The summed E-state index contributed by atoms with van der Waals surface area (Å²) in [6, 6.07) is 0. The molecule has 1 aliphatic rings. The second-order valence-electron chi connectivity index (χ2n) is 5.43. The van der Waals surface area contributed by atoms with Gasteiger partial charge in [0.05, 0.1) is 5.43 Å². The SMILES string of the molecule is c1c[pH]c(C2CCCCCCCCCCC2)n1. The Morgan fingerprint density at radius 2 is 1.35 bits per heavy atom. The Morgan fingerprint density at radius 1 is 0.824 bits per heavy atom. The molecule has 2 heteroatoms. The zero-order valence-electron chi connectivity index (χ0n) is 11.0. The van der Waals surface area contributed by atoms with Crippen molar-refractivity contribution in [2.75, 3.05) is 0 Å². The van der Waals surface area contributed by atoms with E-state index in [9.17, 15) is 0 Å². The summed E-state index contributed by atoms with van der Waals surface area (Å²) in [6.07, 6.45) is 17.9. The highest BCUT2D eigenvalue weighted by atomic mass is 31.0. The van der Waals surface area contributed by atoms with E-state index >= 15 is 0 Å². The molecule has 0 spiro atoms. The maximum absolute atomic E-state index is 4.58. The molecule has 0 N–H and O–H groups in total. The Bertz CT molecular complexity index is 269. The standard InChI is InChI=1S/C15H26NP/c1-2-4-6-8-10-14(11-9-7-5-3-1)15-16-12-13-17-15/h12-14,17H,1-11H2. The molecule has 17 heavy (non-hydrogen) atoms. The molecule has 0 amide bonds. The molecule has 0 aliphatic heterocycles. The molecule has 1 fully saturated rings. The molecule has 0 radical (unpaired) electrons. The third kappa shape index (κ3) is 4.84. The average molecular weight is 251 g/mol. The first-order valence-corrected chi connectivity index (χ1v) is 8.54. The van der Waals surface area contributed by atoms with Crippen molar-refractivity contribution in [1.82, 2.24) is 4.98 Å². The lowest BCUT2D eigenvalue weighted by molar-refractivity contribution is 0.466. The second-order valence-corrected chi connectivity index (χ2v) is 6.56. The van der Waals surface area contributed by atoms with E-state index in [1.54, 1.807) is 0 Å². The van der Waals surface area contributed by atoms with Crippen LogP contribution in [0, 0.1) is 0 Å². The third-order valence-corrected chi connectivity index (χ3v) is 5.16. The molecule has 1 aromatic rings. The summed E-state index contributed by atoms with van der Waals surface area (Å²) in [5.74, 6) is 3.05. The summed E-state index contributed by atoms with van der Waals surface area (Å²) in [7, 11) is 0.888. The van der Waals surface area contributed by atoms with Crippen LogP contribution in [0.1, 0.15) is 82.0 Å². The maximum Gasteiger partial charge on any atom is 0.0592 e. The van der Waals surface area contributed by atoms with Gasteiger partial charge in [0, 0.05) is 12.1 Å². The van der Waals surface area contributed by atoms with E-state index in [4.69, 9.17) is 0 Å². The van der Waals surface area contributed by atoms with E-state index in [0.717, 1.165) is 14.1 Å². The highest BCUT2D eigenvalue weighted by molar-refractivity contribution is 7.30. The van der Waals surface area contributed by atoms with Crippen molar-refractivity contribution < 1.29 is 0 Å². The molecule has 0 aromatic carbocycles. The minimum absolute atomic E-state index is 0.808. The molecular formula is C15H26NP. The van der Waals surface area contributed by atoms with Crippen LogP contribution in [0.2, 0.25) is 0 Å². The summed E-state index contributed by atoms with van der Waals surface area (Å²) in [5, 5.41) is 0. The first kappa shape index (κ1) is 13.1. The van der Waals surface area contributed by atoms with Gasteiger partial charge in [-0.05, 0) is 18.6 Å². The zero-order chi connectivity index (χ0) is 11.8. The third-order valence-electron chi connectivity index (χ3n) is 4.01. The second kappa shape index (κ2) is 7.93. The van der Waals surface area contributed by atoms with Gasteiger partial charge in [0.1, 0.15) is 0 Å². The van der Waals surface area contributed by atoms with E-state index in [1.807, 2.05) is 6.20 Å². The normalized spacial score (nSPS) is 22.1. The molecule has 1 unspecified atom stereocenters. The lowest BCUT2D eigenvalue weighted by Gasteiger charge is -2.15.